The summed E-state index contributed by atoms with van der Waals surface area (Å²) in [4.78, 5) is 14.1. The Bertz CT molecular complexity index is 313. The predicted octanol–water partition coefficient (Wildman–Crippen LogP) is 2.29. The third kappa shape index (κ3) is 5.80. The van der Waals surface area contributed by atoms with E-state index in [4.69, 9.17) is 4.74 Å². The van der Waals surface area contributed by atoms with Gasteiger partial charge in [-0.3, -0.25) is 4.79 Å². The molecule has 0 radical (unpaired) electrons. The van der Waals surface area contributed by atoms with E-state index < -0.39 is 5.41 Å². The first kappa shape index (κ1) is 17.4. The summed E-state index contributed by atoms with van der Waals surface area (Å²) in [6, 6.07) is 0. The van der Waals surface area contributed by atoms with E-state index in [0.717, 1.165) is 32.1 Å². The lowest BCUT2D eigenvalue weighted by atomic mass is 9.90. The van der Waals surface area contributed by atoms with Gasteiger partial charge in [-0.1, -0.05) is 0 Å². The lowest BCUT2D eigenvalue weighted by Gasteiger charge is -2.37. The maximum atomic E-state index is 11.7. The highest BCUT2D eigenvalue weighted by atomic mass is 16.5. The van der Waals surface area contributed by atoms with Gasteiger partial charge in [-0.05, 0) is 73.0 Å². The van der Waals surface area contributed by atoms with Gasteiger partial charge in [0, 0.05) is 12.1 Å². The number of methoxy groups -OCH3 is 1. The van der Waals surface area contributed by atoms with Crippen molar-refractivity contribution in [2.24, 2.45) is 11.3 Å². The highest BCUT2D eigenvalue weighted by molar-refractivity contribution is 5.76. The molecule has 4 nitrogen and oxygen atoms in total. The Kier molecular flexibility index (Phi) is 6.02. The van der Waals surface area contributed by atoms with Crippen LogP contribution in [-0.4, -0.2) is 49.7 Å². The first-order valence-corrected chi connectivity index (χ1v) is 7.70. The van der Waals surface area contributed by atoms with E-state index >= 15 is 0 Å². The Morgan fingerprint density at radius 3 is 2.20 bits per heavy atom. The molecule has 0 aromatic heterocycles. The molecule has 1 heterocycles. The predicted molar refractivity (Wildman–Crippen MR) is 82.7 cm³/mol. The first-order valence-electron chi connectivity index (χ1n) is 7.70. The smallest absolute Gasteiger partial charge is 0.312 e. The largest absolute Gasteiger partial charge is 0.469 e. The number of rotatable bonds is 5. The molecule has 0 aliphatic carbocycles. The Morgan fingerprint density at radius 1 is 1.20 bits per heavy atom. The normalized spacial score (nSPS) is 19.1. The molecule has 1 saturated heterocycles. The van der Waals surface area contributed by atoms with Crippen LogP contribution in [0.1, 0.15) is 47.5 Å². The number of ether oxygens (including phenoxy) is 1. The van der Waals surface area contributed by atoms with Crippen LogP contribution in [0.2, 0.25) is 0 Å². The van der Waals surface area contributed by atoms with Crippen LogP contribution in [0.25, 0.3) is 0 Å². The number of esters is 1. The summed E-state index contributed by atoms with van der Waals surface area (Å²) in [5.41, 5.74) is -0.213. The number of carbonyl (C=O) groups is 1. The molecule has 0 unspecified atom stereocenters. The monoisotopic (exact) mass is 284 g/mol. The van der Waals surface area contributed by atoms with E-state index in [2.05, 4.69) is 31.0 Å². The van der Waals surface area contributed by atoms with Gasteiger partial charge in [-0.15, -0.1) is 0 Å². The highest BCUT2D eigenvalue weighted by Gasteiger charge is 2.32. The Balaban J connectivity index is 2.34. The maximum absolute atomic E-state index is 11.7. The minimum absolute atomic E-state index is 0.117. The van der Waals surface area contributed by atoms with Crippen molar-refractivity contribution in [3.05, 3.63) is 0 Å². The van der Waals surface area contributed by atoms with Gasteiger partial charge in [0.25, 0.3) is 0 Å². The Morgan fingerprint density at radius 2 is 1.75 bits per heavy atom. The van der Waals surface area contributed by atoms with Crippen molar-refractivity contribution in [1.29, 1.82) is 0 Å². The molecule has 1 N–H and O–H groups in total. The molecule has 1 aliphatic heterocycles. The van der Waals surface area contributed by atoms with Gasteiger partial charge >= 0.3 is 5.97 Å². The molecule has 0 atom stereocenters. The van der Waals surface area contributed by atoms with Crippen molar-refractivity contribution in [3.63, 3.8) is 0 Å². The van der Waals surface area contributed by atoms with Gasteiger partial charge in [0.1, 0.15) is 0 Å². The molecule has 0 aromatic carbocycles. The molecule has 4 heteroatoms. The van der Waals surface area contributed by atoms with Crippen LogP contribution < -0.4 is 5.32 Å². The van der Waals surface area contributed by atoms with Crippen molar-refractivity contribution in [1.82, 2.24) is 10.2 Å². The topological polar surface area (TPSA) is 41.6 Å². The second kappa shape index (κ2) is 6.90. The molecule has 1 fully saturated rings. The standard InChI is InChI=1S/C16H32N2O2/c1-15(2,3)17-11-13-7-9-18(10-8-13)12-16(4,5)14(19)20-6/h13,17H,7-12H2,1-6H3. The second-order valence-electron chi connectivity index (χ2n) is 7.73. The van der Waals surface area contributed by atoms with Gasteiger partial charge in [0.15, 0.2) is 0 Å². The molecule has 0 amide bonds. The summed E-state index contributed by atoms with van der Waals surface area (Å²) in [5, 5.41) is 3.59. The fourth-order valence-electron chi connectivity index (χ4n) is 2.70. The van der Waals surface area contributed by atoms with Crippen molar-refractivity contribution in [2.45, 2.75) is 53.0 Å². The number of likely N-dealkylation sites (tertiary alicyclic amines) is 1. The molecular formula is C16H32N2O2. The second-order valence-corrected chi connectivity index (χ2v) is 7.73. The third-order valence-electron chi connectivity index (χ3n) is 3.99. The lowest BCUT2D eigenvalue weighted by molar-refractivity contribution is -0.152. The van der Waals surface area contributed by atoms with E-state index in [1.54, 1.807) is 0 Å². The van der Waals surface area contributed by atoms with E-state index in [-0.39, 0.29) is 11.5 Å². The van der Waals surface area contributed by atoms with Crippen molar-refractivity contribution in [2.75, 3.05) is 33.3 Å². The van der Waals surface area contributed by atoms with Crippen molar-refractivity contribution < 1.29 is 9.53 Å². The van der Waals surface area contributed by atoms with Gasteiger partial charge in [-0.2, -0.15) is 0 Å². The van der Waals surface area contributed by atoms with Crippen LogP contribution in [0.3, 0.4) is 0 Å². The number of carbonyl (C=O) groups excluding carboxylic acids is 1. The van der Waals surface area contributed by atoms with E-state index in [9.17, 15) is 4.79 Å². The van der Waals surface area contributed by atoms with E-state index in [1.807, 2.05) is 13.8 Å². The molecular weight excluding hydrogens is 252 g/mol. The summed E-state index contributed by atoms with van der Waals surface area (Å²) in [5.74, 6) is 0.640. The molecule has 0 bridgehead atoms. The van der Waals surface area contributed by atoms with Gasteiger partial charge in [0.05, 0.1) is 12.5 Å². The fraction of sp³-hybridized carbons (Fsp3) is 0.938. The first-order chi connectivity index (χ1) is 9.14. The average Bonchev–Trinajstić information content (AvgIpc) is 2.35. The molecule has 1 aliphatic rings. The van der Waals surface area contributed by atoms with Gasteiger partial charge < -0.3 is 15.0 Å². The van der Waals surface area contributed by atoms with Crippen LogP contribution in [0, 0.1) is 11.3 Å². The number of nitrogens with zero attached hydrogens (tertiary/aromatic N) is 1. The van der Waals surface area contributed by atoms with Crippen molar-refractivity contribution in [3.8, 4) is 0 Å². The minimum Gasteiger partial charge on any atom is -0.469 e. The van der Waals surface area contributed by atoms with Crippen LogP contribution in [0.5, 0.6) is 0 Å². The minimum atomic E-state index is -0.411. The highest BCUT2D eigenvalue weighted by Crippen LogP contribution is 2.23. The lowest BCUT2D eigenvalue weighted by Crippen LogP contribution is -2.46. The summed E-state index contributed by atoms with van der Waals surface area (Å²) < 4.78 is 4.88. The van der Waals surface area contributed by atoms with E-state index in [1.165, 1.54) is 20.0 Å². The molecule has 20 heavy (non-hydrogen) atoms. The molecule has 0 saturated carbocycles. The SMILES string of the molecule is COC(=O)C(C)(C)CN1CCC(CNC(C)(C)C)CC1. The summed E-state index contributed by atoms with van der Waals surface area (Å²) in [7, 11) is 1.47. The quantitative estimate of drug-likeness (QED) is 0.787. The number of piperidine rings is 1. The molecule has 118 valence electrons. The number of hydrogen-bond acceptors (Lipinski definition) is 4. The third-order valence-corrected chi connectivity index (χ3v) is 3.99. The zero-order chi connectivity index (χ0) is 15.4. The maximum Gasteiger partial charge on any atom is 0.312 e. The van der Waals surface area contributed by atoms with Crippen LogP contribution in [-0.2, 0) is 9.53 Å². The van der Waals surface area contributed by atoms with Gasteiger partial charge in [-0.25, -0.2) is 0 Å². The average molecular weight is 284 g/mol. The Labute approximate surface area is 124 Å². The number of nitrogens with one attached hydrogen (secondary N) is 1. The zero-order valence-electron chi connectivity index (χ0n) is 14.1. The van der Waals surface area contributed by atoms with Gasteiger partial charge in [0.2, 0.25) is 0 Å². The molecule has 1 rings (SSSR count). The fourth-order valence-corrected chi connectivity index (χ4v) is 2.70. The van der Waals surface area contributed by atoms with Crippen LogP contribution >= 0.6 is 0 Å². The summed E-state index contributed by atoms with van der Waals surface area (Å²) in [6.45, 7) is 14.6. The molecule has 0 aromatic rings. The van der Waals surface area contributed by atoms with Crippen molar-refractivity contribution >= 4 is 5.97 Å². The summed E-state index contributed by atoms with van der Waals surface area (Å²) >= 11 is 0. The molecule has 0 spiro atoms. The zero-order valence-corrected chi connectivity index (χ0v) is 14.1. The summed E-state index contributed by atoms with van der Waals surface area (Å²) in [6.07, 6.45) is 2.42. The van der Waals surface area contributed by atoms with E-state index in [0.29, 0.717) is 0 Å². The van der Waals surface area contributed by atoms with Crippen LogP contribution in [0.15, 0.2) is 0 Å². The van der Waals surface area contributed by atoms with Crippen LogP contribution in [0.4, 0.5) is 0 Å². The number of hydrogen-bond donors (Lipinski definition) is 1. The Hall–Kier alpha value is -0.610.